The summed E-state index contributed by atoms with van der Waals surface area (Å²) >= 11 is 0. The molecule has 1 aliphatic rings. The number of hydrogen-bond acceptors (Lipinski definition) is 2. The highest BCUT2D eigenvalue weighted by atomic mass is 16.1. The van der Waals surface area contributed by atoms with Crippen molar-refractivity contribution in [2.45, 2.75) is 45.2 Å². The SMILES string of the molecule is CC(C)n1c(=O)[nH]c2cc(C3CCCCN3)ccc21. The van der Waals surface area contributed by atoms with Gasteiger partial charge >= 0.3 is 5.69 Å². The quantitative estimate of drug-likeness (QED) is 0.871. The summed E-state index contributed by atoms with van der Waals surface area (Å²) in [6.45, 7) is 5.16. The van der Waals surface area contributed by atoms with Crippen LogP contribution in [0.25, 0.3) is 11.0 Å². The van der Waals surface area contributed by atoms with Gasteiger partial charge in [0.15, 0.2) is 0 Å². The molecule has 2 aromatic rings. The van der Waals surface area contributed by atoms with Crippen LogP contribution in [0.2, 0.25) is 0 Å². The van der Waals surface area contributed by atoms with E-state index in [1.165, 1.54) is 24.8 Å². The molecule has 1 aromatic carbocycles. The van der Waals surface area contributed by atoms with E-state index in [1.54, 1.807) is 0 Å². The van der Waals surface area contributed by atoms with Gasteiger partial charge in [0.2, 0.25) is 0 Å². The number of H-pyrrole nitrogens is 1. The Kier molecular flexibility index (Phi) is 3.19. The third-order valence-corrected chi connectivity index (χ3v) is 3.97. The van der Waals surface area contributed by atoms with Crippen molar-refractivity contribution < 1.29 is 0 Å². The summed E-state index contributed by atoms with van der Waals surface area (Å²) < 4.78 is 1.81. The molecule has 0 amide bonds. The third kappa shape index (κ3) is 2.21. The van der Waals surface area contributed by atoms with Crippen LogP contribution in [0.5, 0.6) is 0 Å². The summed E-state index contributed by atoms with van der Waals surface area (Å²) in [4.78, 5) is 14.9. The van der Waals surface area contributed by atoms with Crippen molar-refractivity contribution in [1.29, 1.82) is 0 Å². The van der Waals surface area contributed by atoms with Gasteiger partial charge in [-0.25, -0.2) is 4.79 Å². The van der Waals surface area contributed by atoms with Crippen LogP contribution in [0.15, 0.2) is 23.0 Å². The van der Waals surface area contributed by atoms with Crippen LogP contribution in [0.1, 0.15) is 50.8 Å². The molecule has 0 saturated carbocycles. The summed E-state index contributed by atoms with van der Waals surface area (Å²) in [5.41, 5.74) is 3.21. The number of hydrogen-bond donors (Lipinski definition) is 2. The molecule has 1 aliphatic heterocycles. The number of aromatic amines is 1. The second-order valence-corrected chi connectivity index (χ2v) is 5.67. The minimum absolute atomic E-state index is 0.0150. The Morgan fingerprint density at radius 1 is 1.32 bits per heavy atom. The summed E-state index contributed by atoms with van der Waals surface area (Å²) in [6, 6.07) is 6.96. The van der Waals surface area contributed by atoms with Gasteiger partial charge in [-0.15, -0.1) is 0 Å². The zero-order valence-electron chi connectivity index (χ0n) is 11.6. The number of benzene rings is 1. The van der Waals surface area contributed by atoms with E-state index in [1.807, 2.05) is 18.4 Å². The van der Waals surface area contributed by atoms with Gasteiger partial charge in [0, 0.05) is 12.1 Å². The predicted molar refractivity (Wildman–Crippen MR) is 77.5 cm³/mol. The molecule has 19 heavy (non-hydrogen) atoms. The first kappa shape index (κ1) is 12.5. The first-order valence-electron chi connectivity index (χ1n) is 7.14. The lowest BCUT2D eigenvalue weighted by Gasteiger charge is -2.23. The lowest BCUT2D eigenvalue weighted by atomic mass is 9.97. The Hall–Kier alpha value is -1.55. The molecule has 1 unspecified atom stereocenters. The van der Waals surface area contributed by atoms with Crippen molar-refractivity contribution in [2.75, 3.05) is 6.54 Å². The second kappa shape index (κ2) is 4.85. The first-order chi connectivity index (χ1) is 9.16. The normalized spacial score (nSPS) is 20.3. The van der Waals surface area contributed by atoms with Crippen molar-refractivity contribution in [3.05, 3.63) is 34.2 Å². The highest BCUT2D eigenvalue weighted by Gasteiger charge is 2.16. The number of nitrogens with one attached hydrogen (secondary N) is 2. The zero-order chi connectivity index (χ0) is 13.4. The first-order valence-corrected chi connectivity index (χ1v) is 7.14. The molecule has 1 fully saturated rings. The molecule has 1 atom stereocenters. The maximum Gasteiger partial charge on any atom is 0.326 e. The van der Waals surface area contributed by atoms with E-state index >= 15 is 0 Å². The monoisotopic (exact) mass is 259 g/mol. The fraction of sp³-hybridized carbons (Fsp3) is 0.533. The smallest absolute Gasteiger partial charge is 0.310 e. The molecule has 4 nitrogen and oxygen atoms in total. The average Bonchev–Trinajstić information content (AvgIpc) is 2.74. The van der Waals surface area contributed by atoms with Crippen molar-refractivity contribution in [3.8, 4) is 0 Å². The summed E-state index contributed by atoms with van der Waals surface area (Å²) in [5, 5.41) is 3.55. The number of piperidine rings is 1. The van der Waals surface area contributed by atoms with E-state index < -0.39 is 0 Å². The minimum Gasteiger partial charge on any atom is -0.310 e. The molecule has 0 bridgehead atoms. The molecule has 3 rings (SSSR count). The molecule has 4 heteroatoms. The largest absolute Gasteiger partial charge is 0.326 e. The van der Waals surface area contributed by atoms with E-state index in [0.717, 1.165) is 17.6 Å². The second-order valence-electron chi connectivity index (χ2n) is 5.67. The van der Waals surface area contributed by atoms with E-state index in [9.17, 15) is 4.79 Å². The lowest BCUT2D eigenvalue weighted by molar-refractivity contribution is 0.412. The van der Waals surface area contributed by atoms with Crippen LogP contribution in [0.4, 0.5) is 0 Å². The maximum atomic E-state index is 12.0. The minimum atomic E-state index is -0.0150. The van der Waals surface area contributed by atoms with Crippen molar-refractivity contribution in [1.82, 2.24) is 14.9 Å². The summed E-state index contributed by atoms with van der Waals surface area (Å²) in [6.07, 6.45) is 3.72. The Morgan fingerprint density at radius 3 is 2.84 bits per heavy atom. The summed E-state index contributed by atoms with van der Waals surface area (Å²) in [5.74, 6) is 0. The standard InChI is InChI=1S/C15H21N3O/c1-10(2)18-14-7-6-11(9-13(14)17-15(18)19)12-5-3-4-8-16-12/h6-7,9-10,12,16H,3-5,8H2,1-2H3,(H,17,19). The molecule has 0 spiro atoms. The predicted octanol–water partition coefficient (Wildman–Crippen LogP) is 2.73. The van der Waals surface area contributed by atoms with Gasteiger partial charge in [-0.1, -0.05) is 12.5 Å². The van der Waals surface area contributed by atoms with Crippen LogP contribution in [-0.4, -0.2) is 16.1 Å². The zero-order valence-corrected chi connectivity index (χ0v) is 11.6. The van der Waals surface area contributed by atoms with Crippen LogP contribution in [0, 0.1) is 0 Å². The average molecular weight is 259 g/mol. The van der Waals surface area contributed by atoms with Crippen molar-refractivity contribution in [3.63, 3.8) is 0 Å². The van der Waals surface area contributed by atoms with Crippen molar-refractivity contribution in [2.24, 2.45) is 0 Å². The van der Waals surface area contributed by atoms with Crippen LogP contribution >= 0.6 is 0 Å². The number of rotatable bonds is 2. The fourth-order valence-corrected chi connectivity index (χ4v) is 3.01. The Morgan fingerprint density at radius 2 is 2.16 bits per heavy atom. The molecule has 0 aliphatic carbocycles. The topological polar surface area (TPSA) is 49.8 Å². The highest BCUT2D eigenvalue weighted by molar-refractivity contribution is 5.76. The lowest BCUT2D eigenvalue weighted by Crippen LogP contribution is -2.26. The van der Waals surface area contributed by atoms with E-state index in [0.29, 0.717) is 6.04 Å². The highest BCUT2D eigenvalue weighted by Crippen LogP contribution is 2.25. The maximum absolute atomic E-state index is 12.0. The Balaban J connectivity index is 2.04. The number of fused-ring (bicyclic) bond motifs is 1. The molecule has 2 N–H and O–H groups in total. The van der Waals surface area contributed by atoms with Gasteiger partial charge in [0.05, 0.1) is 11.0 Å². The molecular formula is C15H21N3O. The van der Waals surface area contributed by atoms with E-state index in [4.69, 9.17) is 0 Å². The molecule has 0 radical (unpaired) electrons. The van der Waals surface area contributed by atoms with E-state index in [2.05, 4.69) is 28.5 Å². The van der Waals surface area contributed by atoms with Gasteiger partial charge in [-0.3, -0.25) is 4.57 Å². The van der Waals surface area contributed by atoms with Crippen LogP contribution in [-0.2, 0) is 0 Å². The molecule has 1 saturated heterocycles. The molecule has 102 valence electrons. The van der Waals surface area contributed by atoms with Gasteiger partial charge in [0.25, 0.3) is 0 Å². The van der Waals surface area contributed by atoms with Crippen molar-refractivity contribution >= 4 is 11.0 Å². The number of nitrogens with zero attached hydrogens (tertiary/aromatic N) is 1. The van der Waals surface area contributed by atoms with Gasteiger partial charge in [0.1, 0.15) is 0 Å². The molecule has 2 heterocycles. The Labute approximate surface area is 112 Å². The molecule has 1 aromatic heterocycles. The Bertz CT molecular complexity index is 632. The van der Waals surface area contributed by atoms with Gasteiger partial charge in [-0.05, 0) is 50.9 Å². The number of imidazole rings is 1. The van der Waals surface area contributed by atoms with Gasteiger partial charge < -0.3 is 10.3 Å². The van der Waals surface area contributed by atoms with Gasteiger partial charge in [-0.2, -0.15) is 0 Å². The van der Waals surface area contributed by atoms with E-state index in [-0.39, 0.29) is 11.7 Å². The third-order valence-electron chi connectivity index (χ3n) is 3.97. The fourth-order valence-electron chi connectivity index (χ4n) is 3.01. The summed E-state index contributed by atoms with van der Waals surface area (Å²) in [7, 11) is 0. The van der Waals surface area contributed by atoms with Crippen LogP contribution in [0.3, 0.4) is 0 Å². The number of aromatic nitrogens is 2. The molecular weight excluding hydrogens is 238 g/mol. The van der Waals surface area contributed by atoms with Crippen LogP contribution < -0.4 is 11.0 Å².